The summed E-state index contributed by atoms with van der Waals surface area (Å²) < 4.78 is 6.94. The molecule has 2 heterocycles. The monoisotopic (exact) mass is 439 g/mol. The van der Waals surface area contributed by atoms with E-state index in [9.17, 15) is 9.59 Å². The van der Waals surface area contributed by atoms with Crippen molar-refractivity contribution in [3.05, 3.63) is 93.6 Å². The molecule has 0 aliphatic rings. The molecule has 6 nitrogen and oxygen atoms in total. The van der Waals surface area contributed by atoms with Crippen molar-refractivity contribution in [3.63, 3.8) is 0 Å². The van der Waals surface area contributed by atoms with Crippen LogP contribution in [0.1, 0.15) is 11.3 Å². The summed E-state index contributed by atoms with van der Waals surface area (Å²) in [7, 11) is 0. The van der Waals surface area contributed by atoms with Crippen molar-refractivity contribution in [3.8, 4) is 0 Å². The minimum atomic E-state index is -0.166. The average molecular weight is 440 g/mol. The SMILES string of the molecule is O=C(CSc1nc2ccccc2c(=O)n1Cc1ccco1)NCc1ccc(Cl)cc1. The summed E-state index contributed by atoms with van der Waals surface area (Å²) in [4.78, 5) is 30.0. The van der Waals surface area contributed by atoms with Crippen molar-refractivity contribution < 1.29 is 9.21 Å². The number of hydrogen-bond donors (Lipinski definition) is 1. The molecule has 0 aliphatic heterocycles. The topological polar surface area (TPSA) is 77.1 Å². The molecule has 0 radical (unpaired) electrons. The van der Waals surface area contributed by atoms with Gasteiger partial charge in [0.05, 0.1) is 29.5 Å². The van der Waals surface area contributed by atoms with Crippen LogP contribution in [0.2, 0.25) is 5.02 Å². The number of halogens is 1. The van der Waals surface area contributed by atoms with Crippen molar-refractivity contribution in [2.24, 2.45) is 0 Å². The van der Waals surface area contributed by atoms with Gasteiger partial charge in [0.25, 0.3) is 5.56 Å². The van der Waals surface area contributed by atoms with Gasteiger partial charge in [0.2, 0.25) is 5.91 Å². The Kier molecular flexibility index (Phi) is 6.21. The predicted octanol–water partition coefficient (Wildman–Crippen LogP) is 4.10. The second kappa shape index (κ2) is 9.19. The second-order valence-corrected chi connectivity index (χ2v) is 7.95. The zero-order valence-electron chi connectivity index (χ0n) is 15.9. The Morgan fingerprint density at radius 2 is 1.90 bits per heavy atom. The van der Waals surface area contributed by atoms with Crippen LogP contribution in [0.3, 0.4) is 0 Å². The smallest absolute Gasteiger partial charge is 0.262 e. The predicted molar refractivity (Wildman–Crippen MR) is 118 cm³/mol. The maximum absolute atomic E-state index is 13.0. The van der Waals surface area contributed by atoms with Gasteiger partial charge in [-0.15, -0.1) is 0 Å². The molecule has 152 valence electrons. The van der Waals surface area contributed by atoms with E-state index in [1.807, 2.05) is 18.2 Å². The number of rotatable bonds is 7. The minimum Gasteiger partial charge on any atom is -0.467 e. The number of furan rings is 1. The van der Waals surface area contributed by atoms with E-state index in [0.717, 1.165) is 5.56 Å². The zero-order chi connectivity index (χ0) is 20.9. The van der Waals surface area contributed by atoms with E-state index in [1.165, 1.54) is 16.3 Å². The molecule has 0 bridgehead atoms. The van der Waals surface area contributed by atoms with Crippen LogP contribution in [0.5, 0.6) is 0 Å². The molecule has 2 aromatic carbocycles. The van der Waals surface area contributed by atoms with Crippen molar-refractivity contribution in [2.75, 3.05) is 5.75 Å². The first-order chi connectivity index (χ1) is 14.6. The van der Waals surface area contributed by atoms with Gasteiger partial charge in [-0.1, -0.05) is 47.6 Å². The molecule has 0 aliphatic carbocycles. The van der Waals surface area contributed by atoms with Crippen molar-refractivity contribution in [1.82, 2.24) is 14.9 Å². The quantitative estimate of drug-likeness (QED) is 0.346. The standard InChI is InChI=1S/C22H18ClN3O3S/c23-16-9-7-15(8-10-16)12-24-20(27)14-30-22-25-19-6-2-1-5-18(19)21(28)26(22)13-17-4-3-11-29-17/h1-11H,12-14H2,(H,24,27). The van der Waals surface area contributed by atoms with Gasteiger partial charge < -0.3 is 9.73 Å². The molecule has 0 saturated heterocycles. The highest BCUT2D eigenvalue weighted by atomic mass is 35.5. The third-order valence-electron chi connectivity index (χ3n) is 4.46. The Balaban J connectivity index is 1.51. The fraction of sp³-hybridized carbons (Fsp3) is 0.136. The summed E-state index contributed by atoms with van der Waals surface area (Å²) in [6.07, 6.45) is 1.56. The number of aromatic nitrogens is 2. The molecular weight excluding hydrogens is 422 g/mol. The Bertz CT molecular complexity index is 1220. The Labute approximate surface area is 181 Å². The lowest BCUT2D eigenvalue weighted by Crippen LogP contribution is -2.27. The molecule has 4 rings (SSSR count). The maximum Gasteiger partial charge on any atom is 0.262 e. The molecule has 4 aromatic rings. The first-order valence-electron chi connectivity index (χ1n) is 9.26. The van der Waals surface area contributed by atoms with Crippen molar-refractivity contribution >= 4 is 40.2 Å². The van der Waals surface area contributed by atoms with Crippen molar-refractivity contribution in [2.45, 2.75) is 18.2 Å². The number of benzene rings is 2. The lowest BCUT2D eigenvalue weighted by atomic mass is 10.2. The van der Waals surface area contributed by atoms with E-state index in [0.29, 0.717) is 33.4 Å². The number of fused-ring (bicyclic) bond motifs is 1. The van der Waals surface area contributed by atoms with Crippen LogP contribution in [-0.4, -0.2) is 21.2 Å². The molecule has 0 atom stereocenters. The first kappa shape index (κ1) is 20.3. The molecule has 30 heavy (non-hydrogen) atoms. The maximum atomic E-state index is 13.0. The number of nitrogens with one attached hydrogen (secondary N) is 1. The zero-order valence-corrected chi connectivity index (χ0v) is 17.4. The van der Waals surface area contributed by atoms with Crippen LogP contribution < -0.4 is 10.9 Å². The van der Waals surface area contributed by atoms with Crippen LogP contribution >= 0.6 is 23.4 Å². The van der Waals surface area contributed by atoms with E-state index in [4.69, 9.17) is 16.0 Å². The lowest BCUT2D eigenvalue weighted by Gasteiger charge is -2.12. The van der Waals surface area contributed by atoms with E-state index in [-0.39, 0.29) is 23.8 Å². The summed E-state index contributed by atoms with van der Waals surface area (Å²) in [6.45, 7) is 0.652. The minimum absolute atomic E-state index is 0.135. The Morgan fingerprint density at radius 1 is 1.10 bits per heavy atom. The van der Waals surface area contributed by atoms with Gasteiger partial charge in [-0.3, -0.25) is 14.2 Å². The molecule has 1 N–H and O–H groups in total. The number of nitrogens with zero attached hydrogens (tertiary/aromatic N) is 2. The number of amides is 1. The molecule has 0 spiro atoms. The summed E-state index contributed by atoms with van der Waals surface area (Å²) in [5.41, 5.74) is 1.39. The number of hydrogen-bond acceptors (Lipinski definition) is 5. The highest BCUT2D eigenvalue weighted by Crippen LogP contribution is 2.19. The van der Waals surface area contributed by atoms with Gasteiger partial charge in [0.1, 0.15) is 5.76 Å². The first-order valence-corrected chi connectivity index (χ1v) is 10.6. The Hall–Kier alpha value is -3.03. The van der Waals surface area contributed by atoms with Gasteiger partial charge in [-0.25, -0.2) is 4.98 Å². The molecule has 0 saturated carbocycles. The number of carbonyl (C=O) groups is 1. The summed E-state index contributed by atoms with van der Waals surface area (Å²) in [5, 5.41) is 4.52. The van der Waals surface area contributed by atoms with E-state index in [1.54, 1.807) is 48.7 Å². The second-order valence-electron chi connectivity index (χ2n) is 6.57. The normalized spacial score (nSPS) is 11.0. The summed E-state index contributed by atoms with van der Waals surface area (Å²) >= 11 is 7.10. The fourth-order valence-corrected chi connectivity index (χ4v) is 3.89. The highest BCUT2D eigenvalue weighted by molar-refractivity contribution is 7.99. The summed E-state index contributed by atoms with van der Waals surface area (Å²) in [5.74, 6) is 0.626. The van der Waals surface area contributed by atoms with E-state index >= 15 is 0 Å². The molecule has 2 aromatic heterocycles. The van der Waals surface area contributed by atoms with Gasteiger partial charge in [0, 0.05) is 11.6 Å². The van der Waals surface area contributed by atoms with Crippen molar-refractivity contribution in [1.29, 1.82) is 0 Å². The van der Waals surface area contributed by atoms with Crippen LogP contribution in [-0.2, 0) is 17.9 Å². The fourth-order valence-electron chi connectivity index (χ4n) is 2.94. The third-order valence-corrected chi connectivity index (χ3v) is 5.68. The van der Waals surface area contributed by atoms with Gasteiger partial charge >= 0.3 is 0 Å². The highest BCUT2D eigenvalue weighted by Gasteiger charge is 2.14. The van der Waals surface area contributed by atoms with Crippen LogP contribution in [0, 0.1) is 0 Å². The van der Waals surface area contributed by atoms with Gasteiger partial charge in [-0.05, 0) is 42.0 Å². The van der Waals surface area contributed by atoms with E-state index in [2.05, 4.69) is 10.3 Å². The number of para-hydroxylation sites is 1. The largest absolute Gasteiger partial charge is 0.467 e. The van der Waals surface area contributed by atoms with Gasteiger partial charge in [0.15, 0.2) is 5.16 Å². The molecule has 0 fully saturated rings. The lowest BCUT2D eigenvalue weighted by molar-refractivity contribution is -0.118. The van der Waals surface area contributed by atoms with Crippen LogP contribution in [0.25, 0.3) is 10.9 Å². The molecule has 0 unspecified atom stereocenters. The summed E-state index contributed by atoms with van der Waals surface area (Å²) in [6, 6.07) is 18.0. The average Bonchev–Trinajstić information content (AvgIpc) is 3.27. The van der Waals surface area contributed by atoms with Crippen LogP contribution in [0.4, 0.5) is 0 Å². The third kappa shape index (κ3) is 4.75. The molecular formula is C22H18ClN3O3S. The molecule has 1 amide bonds. The van der Waals surface area contributed by atoms with Gasteiger partial charge in [-0.2, -0.15) is 0 Å². The Morgan fingerprint density at radius 3 is 2.67 bits per heavy atom. The number of thioether (sulfide) groups is 1. The van der Waals surface area contributed by atoms with E-state index < -0.39 is 0 Å². The molecule has 8 heteroatoms. The number of carbonyl (C=O) groups excluding carboxylic acids is 1. The van der Waals surface area contributed by atoms with Crippen LogP contribution in [0.15, 0.2) is 81.3 Å².